The van der Waals surface area contributed by atoms with Crippen molar-refractivity contribution >= 4 is 11.9 Å². The van der Waals surface area contributed by atoms with Crippen LogP contribution >= 0.6 is 0 Å². The summed E-state index contributed by atoms with van der Waals surface area (Å²) in [7, 11) is 1.44. The Balaban J connectivity index is 2.07. The number of carboxylic acids is 1. The van der Waals surface area contributed by atoms with E-state index in [1.54, 1.807) is 31.2 Å². The average Bonchev–Trinajstić information content (AvgIpc) is 3.00. The Morgan fingerprint density at radius 1 is 1.46 bits per heavy atom. The van der Waals surface area contributed by atoms with Crippen LogP contribution < -0.4 is 4.74 Å². The fourth-order valence-electron chi connectivity index (χ4n) is 2.85. The van der Waals surface area contributed by atoms with Crippen LogP contribution in [0.1, 0.15) is 18.9 Å². The second-order valence-corrected chi connectivity index (χ2v) is 5.90. The summed E-state index contributed by atoms with van der Waals surface area (Å²) >= 11 is 0. The number of carbonyl (C=O) groups is 2. The molecular weight excluding hydrogens is 312 g/mol. The van der Waals surface area contributed by atoms with Crippen molar-refractivity contribution in [2.45, 2.75) is 19.4 Å². The molecule has 1 aromatic carbocycles. The van der Waals surface area contributed by atoms with Crippen LogP contribution in [0, 0.1) is 16.7 Å². The van der Waals surface area contributed by atoms with E-state index in [2.05, 4.69) is 0 Å². The number of methoxy groups -OCH3 is 1. The fraction of sp³-hybridized carbons (Fsp3) is 0.471. The molecule has 2 rings (SSSR count). The number of nitriles is 1. The highest BCUT2D eigenvalue weighted by atomic mass is 16.5. The Labute approximate surface area is 140 Å². The third-order valence-corrected chi connectivity index (χ3v) is 4.20. The molecular formula is C17H20N2O5. The number of para-hydroxylation sites is 1. The smallest absolute Gasteiger partial charge is 0.313 e. The quantitative estimate of drug-likeness (QED) is 0.842. The van der Waals surface area contributed by atoms with E-state index < -0.39 is 17.5 Å². The molecule has 1 aliphatic heterocycles. The molecule has 0 aromatic heterocycles. The Morgan fingerprint density at radius 3 is 2.79 bits per heavy atom. The second kappa shape index (κ2) is 7.32. The molecule has 1 N–H and O–H groups in total. The van der Waals surface area contributed by atoms with E-state index in [9.17, 15) is 14.7 Å². The van der Waals surface area contributed by atoms with Gasteiger partial charge in [0.05, 0.1) is 12.2 Å². The first-order chi connectivity index (χ1) is 11.4. The topological polar surface area (TPSA) is 99.9 Å². The van der Waals surface area contributed by atoms with E-state index in [1.165, 1.54) is 12.0 Å². The fourth-order valence-corrected chi connectivity index (χ4v) is 2.85. The van der Waals surface area contributed by atoms with Crippen LogP contribution in [0.2, 0.25) is 0 Å². The number of nitrogens with zero attached hydrogens (tertiary/aromatic N) is 2. The van der Waals surface area contributed by atoms with Crippen LogP contribution in [0.15, 0.2) is 24.3 Å². The number of hydrogen-bond donors (Lipinski definition) is 1. The largest absolute Gasteiger partial charge is 0.481 e. The normalized spacial score (nSPS) is 21.1. The number of ether oxygens (including phenoxy) is 2. The Kier molecular flexibility index (Phi) is 5.42. The highest BCUT2D eigenvalue weighted by Gasteiger charge is 2.47. The molecule has 1 amide bonds. The predicted molar refractivity (Wildman–Crippen MR) is 84.4 cm³/mol. The molecule has 1 aliphatic rings. The van der Waals surface area contributed by atoms with Crippen molar-refractivity contribution in [3.63, 3.8) is 0 Å². The molecule has 0 spiro atoms. The van der Waals surface area contributed by atoms with Gasteiger partial charge in [0.2, 0.25) is 0 Å². The van der Waals surface area contributed by atoms with Gasteiger partial charge in [0.15, 0.2) is 6.10 Å². The lowest BCUT2D eigenvalue weighted by molar-refractivity contribution is -0.152. The van der Waals surface area contributed by atoms with Crippen LogP contribution in [0.3, 0.4) is 0 Å². The van der Waals surface area contributed by atoms with Gasteiger partial charge >= 0.3 is 5.97 Å². The summed E-state index contributed by atoms with van der Waals surface area (Å²) in [6.07, 6.45) is -0.477. The average molecular weight is 332 g/mol. The van der Waals surface area contributed by atoms with Crippen molar-refractivity contribution in [1.29, 1.82) is 5.26 Å². The summed E-state index contributed by atoms with van der Waals surface area (Å²) in [5.74, 6) is -0.938. The minimum absolute atomic E-state index is 0.0542. The number of carbonyl (C=O) groups excluding carboxylic acids is 1. The molecule has 0 radical (unpaired) electrons. The molecule has 0 aliphatic carbocycles. The maximum absolute atomic E-state index is 12.5. The van der Waals surface area contributed by atoms with Crippen LogP contribution in [0.25, 0.3) is 0 Å². The molecule has 24 heavy (non-hydrogen) atoms. The van der Waals surface area contributed by atoms with Gasteiger partial charge in [0, 0.05) is 20.2 Å². The molecule has 2 atom stereocenters. The number of rotatable bonds is 6. The minimum Gasteiger partial charge on any atom is -0.481 e. The molecule has 1 aromatic rings. The van der Waals surface area contributed by atoms with E-state index in [0.29, 0.717) is 24.3 Å². The zero-order chi connectivity index (χ0) is 17.7. The van der Waals surface area contributed by atoms with Crippen molar-refractivity contribution in [3.05, 3.63) is 29.8 Å². The molecule has 7 nitrogen and oxygen atoms in total. The molecule has 2 unspecified atom stereocenters. The lowest BCUT2D eigenvalue weighted by Crippen LogP contribution is -2.43. The van der Waals surface area contributed by atoms with Crippen LogP contribution in [0.4, 0.5) is 0 Å². The summed E-state index contributed by atoms with van der Waals surface area (Å²) in [6, 6.07) is 8.67. The molecule has 0 saturated carbocycles. The van der Waals surface area contributed by atoms with Crippen molar-refractivity contribution in [3.8, 4) is 11.8 Å². The number of aliphatic carboxylic acids is 1. The molecule has 7 heteroatoms. The van der Waals surface area contributed by atoms with Crippen LogP contribution in [-0.4, -0.2) is 54.8 Å². The SMILES string of the molecule is COCC1(C(=O)O)CCN(C(=O)C(C)Oc2ccccc2C#N)C1. The number of likely N-dealkylation sites (tertiary alicyclic amines) is 1. The van der Waals surface area contributed by atoms with Crippen molar-refractivity contribution in [2.75, 3.05) is 26.8 Å². The van der Waals surface area contributed by atoms with E-state index in [1.807, 2.05) is 6.07 Å². The zero-order valence-corrected chi connectivity index (χ0v) is 13.7. The highest BCUT2D eigenvalue weighted by Crippen LogP contribution is 2.32. The number of benzene rings is 1. The Bertz CT molecular complexity index is 669. The standard InChI is InChI=1S/C17H20N2O5/c1-12(24-14-6-4-3-5-13(14)9-18)15(20)19-8-7-17(10-19,11-23-2)16(21)22/h3-6,12H,7-8,10-11H2,1-2H3,(H,21,22). The van der Waals surface area contributed by atoms with Crippen LogP contribution in [0.5, 0.6) is 5.75 Å². The molecule has 1 heterocycles. The first-order valence-electron chi connectivity index (χ1n) is 7.60. The Morgan fingerprint density at radius 2 is 2.17 bits per heavy atom. The first kappa shape index (κ1) is 17.8. The monoisotopic (exact) mass is 332 g/mol. The first-order valence-corrected chi connectivity index (χ1v) is 7.60. The molecule has 0 bridgehead atoms. The van der Waals surface area contributed by atoms with Gasteiger partial charge in [-0.3, -0.25) is 9.59 Å². The molecule has 1 fully saturated rings. The lowest BCUT2D eigenvalue weighted by Gasteiger charge is -2.25. The number of carboxylic acid groups (broad SMARTS) is 1. The van der Waals surface area contributed by atoms with Gasteiger partial charge in [0.25, 0.3) is 5.91 Å². The zero-order valence-electron chi connectivity index (χ0n) is 13.7. The summed E-state index contributed by atoms with van der Waals surface area (Å²) < 4.78 is 10.6. The predicted octanol–water partition coefficient (Wildman–Crippen LogP) is 1.28. The van der Waals surface area contributed by atoms with E-state index in [-0.39, 0.29) is 19.1 Å². The van der Waals surface area contributed by atoms with Gasteiger partial charge in [-0.2, -0.15) is 5.26 Å². The molecule has 1 saturated heterocycles. The van der Waals surface area contributed by atoms with E-state index in [0.717, 1.165) is 0 Å². The van der Waals surface area contributed by atoms with Gasteiger partial charge < -0.3 is 19.5 Å². The summed E-state index contributed by atoms with van der Waals surface area (Å²) in [5.41, 5.74) is -0.729. The maximum atomic E-state index is 12.5. The summed E-state index contributed by atoms with van der Waals surface area (Å²) in [6.45, 7) is 2.07. The maximum Gasteiger partial charge on any atom is 0.313 e. The third-order valence-electron chi connectivity index (χ3n) is 4.20. The van der Waals surface area contributed by atoms with Crippen molar-refractivity contribution in [2.24, 2.45) is 5.41 Å². The highest BCUT2D eigenvalue weighted by molar-refractivity contribution is 5.83. The summed E-state index contributed by atoms with van der Waals surface area (Å²) in [4.78, 5) is 25.6. The van der Waals surface area contributed by atoms with Gasteiger partial charge in [0.1, 0.15) is 17.2 Å². The van der Waals surface area contributed by atoms with E-state index in [4.69, 9.17) is 14.7 Å². The number of hydrogen-bond acceptors (Lipinski definition) is 5. The Hall–Kier alpha value is -2.59. The van der Waals surface area contributed by atoms with E-state index >= 15 is 0 Å². The van der Waals surface area contributed by atoms with Crippen LogP contribution in [-0.2, 0) is 14.3 Å². The number of amides is 1. The second-order valence-electron chi connectivity index (χ2n) is 5.90. The van der Waals surface area contributed by atoms with Gasteiger partial charge in [-0.25, -0.2) is 0 Å². The molecule has 128 valence electrons. The van der Waals surface area contributed by atoms with Crippen molar-refractivity contribution < 1.29 is 24.2 Å². The van der Waals surface area contributed by atoms with Gasteiger partial charge in [-0.15, -0.1) is 0 Å². The minimum atomic E-state index is -1.07. The van der Waals surface area contributed by atoms with Gasteiger partial charge in [-0.1, -0.05) is 12.1 Å². The lowest BCUT2D eigenvalue weighted by atomic mass is 9.88. The summed E-state index contributed by atoms with van der Waals surface area (Å²) in [5, 5.41) is 18.5. The third kappa shape index (κ3) is 3.49. The van der Waals surface area contributed by atoms with Gasteiger partial charge in [-0.05, 0) is 25.5 Å². The van der Waals surface area contributed by atoms with Crippen molar-refractivity contribution in [1.82, 2.24) is 4.90 Å².